The second-order valence-corrected chi connectivity index (χ2v) is 4.61. The maximum Gasteiger partial charge on any atom is 0.239 e. The van der Waals surface area contributed by atoms with Gasteiger partial charge in [-0.1, -0.05) is 18.2 Å². The van der Waals surface area contributed by atoms with Crippen molar-refractivity contribution in [3.8, 4) is 0 Å². The summed E-state index contributed by atoms with van der Waals surface area (Å²) >= 11 is 0. The molecule has 0 aliphatic carbocycles. The van der Waals surface area contributed by atoms with Crippen molar-refractivity contribution in [1.29, 1.82) is 0 Å². The first-order valence-electron chi connectivity index (χ1n) is 5.84. The van der Waals surface area contributed by atoms with Crippen molar-refractivity contribution >= 4 is 5.91 Å². The zero-order valence-electron chi connectivity index (χ0n) is 10.2. The Labute approximate surface area is 101 Å². The Kier molecular flexibility index (Phi) is 3.45. The average Bonchev–Trinajstić information content (AvgIpc) is 2.71. The van der Waals surface area contributed by atoms with Crippen LogP contribution in [0.25, 0.3) is 0 Å². The van der Waals surface area contributed by atoms with Crippen molar-refractivity contribution < 1.29 is 9.90 Å². The number of carbonyl (C=O) groups excluding carboxylic acids is 1. The van der Waals surface area contributed by atoms with E-state index < -0.39 is 0 Å². The van der Waals surface area contributed by atoms with Gasteiger partial charge in [0.25, 0.3) is 0 Å². The Hall–Kier alpha value is -1.39. The first kappa shape index (κ1) is 12.1. The predicted octanol–water partition coefficient (Wildman–Crippen LogP) is 0.630. The molecule has 1 saturated heterocycles. The fourth-order valence-corrected chi connectivity index (χ4v) is 2.22. The molecule has 1 aliphatic rings. The van der Waals surface area contributed by atoms with E-state index in [2.05, 4.69) is 23.8 Å². The number of aliphatic hydroxyl groups excluding tert-OH is 1. The van der Waals surface area contributed by atoms with Gasteiger partial charge in [0.15, 0.2) is 0 Å². The maximum absolute atomic E-state index is 11.6. The minimum absolute atomic E-state index is 0.0116. The third kappa shape index (κ3) is 2.33. The number of aryl methyl sites for hydroxylation is 2. The summed E-state index contributed by atoms with van der Waals surface area (Å²) in [6.45, 7) is 4.65. The molecule has 2 unspecified atom stereocenters. The van der Waals surface area contributed by atoms with Crippen molar-refractivity contribution in [2.75, 3.05) is 13.2 Å². The molecule has 3 N–H and O–H groups in total. The molecule has 1 fully saturated rings. The average molecular weight is 234 g/mol. The molecule has 2 atom stereocenters. The summed E-state index contributed by atoms with van der Waals surface area (Å²) in [7, 11) is 0. The summed E-state index contributed by atoms with van der Waals surface area (Å²) in [5.74, 6) is -0.367. The lowest BCUT2D eigenvalue weighted by atomic mass is 9.85. The lowest BCUT2D eigenvalue weighted by molar-refractivity contribution is -0.123. The van der Waals surface area contributed by atoms with Gasteiger partial charge in [0.2, 0.25) is 5.91 Å². The fraction of sp³-hybridized carbons (Fsp3) is 0.462. The van der Waals surface area contributed by atoms with Crippen molar-refractivity contribution in [2.45, 2.75) is 19.8 Å². The maximum atomic E-state index is 11.6. The summed E-state index contributed by atoms with van der Waals surface area (Å²) in [6.07, 6.45) is 0. The lowest BCUT2D eigenvalue weighted by Crippen LogP contribution is -2.28. The molecule has 1 aliphatic heterocycles. The topological polar surface area (TPSA) is 61.4 Å². The number of rotatable bonds is 3. The highest BCUT2D eigenvalue weighted by Crippen LogP contribution is 2.27. The molecular weight excluding hydrogens is 216 g/mol. The molecule has 4 nitrogen and oxygen atoms in total. The van der Waals surface area contributed by atoms with E-state index in [-0.39, 0.29) is 24.3 Å². The Morgan fingerprint density at radius 3 is 2.71 bits per heavy atom. The van der Waals surface area contributed by atoms with Gasteiger partial charge in [-0.2, -0.15) is 0 Å². The SMILES string of the molecule is Cc1ccc(C(CO)C2CNNC2=O)cc1C. The van der Waals surface area contributed by atoms with Crippen LogP contribution in [0.3, 0.4) is 0 Å². The van der Waals surface area contributed by atoms with Gasteiger partial charge in [-0.05, 0) is 30.5 Å². The minimum atomic E-state index is -0.192. The Morgan fingerprint density at radius 1 is 1.41 bits per heavy atom. The molecule has 92 valence electrons. The quantitative estimate of drug-likeness (QED) is 0.719. The van der Waals surface area contributed by atoms with Crippen LogP contribution in [0.1, 0.15) is 22.6 Å². The van der Waals surface area contributed by atoms with Gasteiger partial charge in [0.05, 0.1) is 12.5 Å². The third-order valence-electron chi connectivity index (χ3n) is 3.51. The summed E-state index contributed by atoms with van der Waals surface area (Å²) < 4.78 is 0. The summed E-state index contributed by atoms with van der Waals surface area (Å²) in [6, 6.07) is 6.09. The zero-order chi connectivity index (χ0) is 12.4. The molecule has 1 heterocycles. The molecule has 2 rings (SSSR count). The number of carbonyl (C=O) groups is 1. The first-order chi connectivity index (χ1) is 8.13. The highest BCUT2D eigenvalue weighted by atomic mass is 16.3. The van der Waals surface area contributed by atoms with Crippen LogP contribution in [0, 0.1) is 19.8 Å². The van der Waals surface area contributed by atoms with Crippen LogP contribution in [0.15, 0.2) is 18.2 Å². The van der Waals surface area contributed by atoms with Crippen LogP contribution in [0.5, 0.6) is 0 Å². The van der Waals surface area contributed by atoms with Crippen LogP contribution in [0.2, 0.25) is 0 Å². The van der Waals surface area contributed by atoms with Gasteiger partial charge >= 0.3 is 0 Å². The number of hydrogen-bond donors (Lipinski definition) is 3. The van der Waals surface area contributed by atoms with Gasteiger partial charge in [0.1, 0.15) is 0 Å². The standard InChI is InChI=1S/C13H18N2O2/c1-8-3-4-10(5-9(8)2)12(7-16)11-6-14-15-13(11)17/h3-5,11-12,14,16H,6-7H2,1-2H3,(H,15,17). The molecule has 0 radical (unpaired) electrons. The van der Waals surface area contributed by atoms with E-state index in [1.807, 2.05) is 19.1 Å². The van der Waals surface area contributed by atoms with Crippen LogP contribution >= 0.6 is 0 Å². The second-order valence-electron chi connectivity index (χ2n) is 4.61. The van der Waals surface area contributed by atoms with Gasteiger partial charge in [0, 0.05) is 12.5 Å². The monoisotopic (exact) mass is 234 g/mol. The lowest BCUT2D eigenvalue weighted by Gasteiger charge is -2.20. The van der Waals surface area contributed by atoms with Crippen molar-refractivity contribution in [1.82, 2.24) is 10.9 Å². The molecule has 1 aromatic rings. The predicted molar refractivity (Wildman–Crippen MR) is 65.4 cm³/mol. The van der Waals surface area contributed by atoms with Crippen LogP contribution < -0.4 is 10.9 Å². The van der Waals surface area contributed by atoms with E-state index in [1.54, 1.807) is 0 Å². The third-order valence-corrected chi connectivity index (χ3v) is 3.51. The van der Waals surface area contributed by atoms with Crippen LogP contribution in [-0.4, -0.2) is 24.2 Å². The summed E-state index contributed by atoms with van der Waals surface area (Å²) in [4.78, 5) is 11.6. The summed E-state index contributed by atoms with van der Waals surface area (Å²) in [5.41, 5.74) is 8.84. The van der Waals surface area contributed by atoms with Crippen LogP contribution in [0.4, 0.5) is 0 Å². The molecular formula is C13H18N2O2. The van der Waals surface area contributed by atoms with E-state index in [9.17, 15) is 9.90 Å². The fourth-order valence-electron chi connectivity index (χ4n) is 2.22. The smallest absolute Gasteiger partial charge is 0.239 e. The number of amides is 1. The Balaban J connectivity index is 2.28. The van der Waals surface area contributed by atoms with Gasteiger partial charge in [-0.3, -0.25) is 10.2 Å². The van der Waals surface area contributed by atoms with E-state index in [0.717, 1.165) is 5.56 Å². The van der Waals surface area contributed by atoms with Gasteiger partial charge in [-0.15, -0.1) is 0 Å². The molecule has 1 aromatic carbocycles. The Morgan fingerprint density at radius 2 is 2.18 bits per heavy atom. The van der Waals surface area contributed by atoms with E-state index in [0.29, 0.717) is 6.54 Å². The Bertz CT molecular complexity index is 431. The molecule has 0 spiro atoms. The van der Waals surface area contributed by atoms with E-state index in [4.69, 9.17) is 0 Å². The molecule has 0 bridgehead atoms. The molecule has 0 saturated carbocycles. The normalized spacial score (nSPS) is 21.4. The highest BCUT2D eigenvalue weighted by Gasteiger charge is 2.32. The largest absolute Gasteiger partial charge is 0.396 e. The van der Waals surface area contributed by atoms with Crippen molar-refractivity contribution in [3.05, 3.63) is 34.9 Å². The van der Waals surface area contributed by atoms with Gasteiger partial charge < -0.3 is 5.11 Å². The van der Waals surface area contributed by atoms with E-state index >= 15 is 0 Å². The van der Waals surface area contributed by atoms with Crippen LogP contribution in [-0.2, 0) is 4.79 Å². The number of benzene rings is 1. The second kappa shape index (κ2) is 4.85. The van der Waals surface area contributed by atoms with Gasteiger partial charge in [-0.25, -0.2) is 5.43 Å². The zero-order valence-corrected chi connectivity index (χ0v) is 10.2. The number of hydrazine groups is 1. The number of aliphatic hydroxyl groups is 1. The van der Waals surface area contributed by atoms with E-state index in [1.165, 1.54) is 11.1 Å². The molecule has 4 heteroatoms. The molecule has 1 amide bonds. The molecule has 0 aromatic heterocycles. The highest BCUT2D eigenvalue weighted by molar-refractivity contribution is 5.81. The van der Waals surface area contributed by atoms with Crippen molar-refractivity contribution in [2.24, 2.45) is 5.92 Å². The number of hydrogen-bond acceptors (Lipinski definition) is 3. The summed E-state index contributed by atoms with van der Waals surface area (Å²) in [5, 5.41) is 9.51. The number of nitrogens with one attached hydrogen (secondary N) is 2. The first-order valence-corrected chi connectivity index (χ1v) is 5.84. The molecule has 17 heavy (non-hydrogen) atoms. The minimum Gasteiger partial charge on any atom is -0.396 e. The van der Waals surface area contributed by atoms with Crippen molar-refractivity contribution in [3.63, 3.8) is 0 Å².